The summed E-state index contributed by atoms with van der Waals surface area (Å²) in [7, 11) is 1.71. The Morgan fingerprint density at radius 2 is 2.05 bits per heavy atom. The van der Waals surface area contributed by atoms with Crippen LogP contribution in [0.2, 0.25) is 0 Å². The molecule has 0 saturated carbocycles. The van der Waals surface area contributed by atoms with E-state index in [0.717, 1.165) is 22.3 Å². The van der Waals surface area contributed by atoms with E-state index in [1.54, 1.807) is 26.3 Å². The zero-order valence-corrected chi connectivity index (χ0v) is 13.7. The minimum atomic E-state index is -0.375. The lowest BCUT2D eigenvalue weighted by molar-refractivity contribution is -0.138. The maximum atomic E-state index is 12.3. The molecular formula is C19H23NO2. The van der Waals surface area contributed by atoms with Crippen molar-refractivity contribution >= 4 is 17.8 Å². The fourth-order valence-corrected chi connectivity index (χ4v) is 2.23. The lowest BCUT2D eigenvalue weighted by atomic mass is 9.90. The number of allylic oxidation sites excluding steroid dienone is 3. The molecule has 0 saturated heterocycles. The Morgan fingerprint density at radius 1 is 1.36 bits per heavy atom. The van der Waals surface area contributed by atoms with Crippen molar-refractivity contribution in [2.24, 2.45) is 4.99 Å². The highest BCUT2D eigenvalue weighted by molar-refractivity contribution is 6.11. The van der Waals surface area contributed by atoms with E-state index in [4.69, 9.17) is 4.74 Å². The first-order valence-corrected chi connectivity index (χ1v) is 7.29. The molecule has 0 heterocycles. The monoisotopic (exact) mass is 297 g/mol. The van der Waals surface area contributed by atoms with E-state index in [0.29, 0.717) is 12.2 Å². The van der Waals surface area contributed by atoms with Gasteiger partial charge in [-0.3, -0.25) is 4.99 Å². The fourth-order valence-electron chi connectivity index (χ4n) is 2.23. The third-order valence-electron chi connectivity index (χ3n) is 3.25. The van der Waals surface area contributed by atoms with Crippen molar-refractivity contribution in [2.75, 3.05) is 13.7 Å². The second-order valence-electron chi connectivity index (χ2n) is 4.66. The summed E-state index contributed by atoms with van der Waals surface area (Å²) in [4.78, 5) is 16.4. The highest BCUT2D eigenvalue weighted by atomic mass is 16.5. The van der Waals surface area contributed by atoms with E-state index in [-0.39, 0.29) is 5.97 Å². The number of hydrogen-bond acceptors (Lipinski definition) is 3. The Kier molecular flexibility index (Phi) is 7.03. The van der Waals surface area contributed by atoms with Gasteiger partial charge in [-0.25, -0.2) is 4.79 Å². The minimum absolute atomic E-state index is 0.324. The average molecular weight is 297 g/mol. The maximum Gasteiger partial charge on any atom is 0.338 e. The number of carbonyl (C=O) groups is 1. The van der Waals surface area contributed by atoms with Gasteiger partial charge >= 0.3 is 5.97 Å². The molecule has 0 aromatic heterocycles. The van der Waals surface area contributed by atoms with Gasteiger partial charge in [-0.2, -0.15) is 0 Å². The predicted molar refractivity (Wildman–Crippen MR) is 93.1 cm³/mol. The molecule has 0 amide bonds. The Bertz CT molecular complexity index is 637. The summed E-state index contributed by atoms with van der Waals surface area (Å²) in [6.45, 7) is 9.83. The zero-order chi connectivity index (χ0) is 16.5. The molecule has 1 rings (SSSR count). The first-order valence-electron chi connectivity index (χ1n) is 7.29. The van der Waals surface area contributed by atoms with Gasteiger partial charge in [0.2, 0.25) is 0 Å². The van der Waals surface area contributed by atoms with Gasteiger partial charge in [0.15, 0.2) is 0 Å². The minimum Gasteiger partial charge on any atom is -0.462 e. The van der Waals surface area contributed by atoms with Gasteiger partial charge in [-0.05, 0) is 37.5 Å². The Balaban J connectivity index is 3.69. The van der Waals surface area contributed by atoms with Crippen molar-refractivity contribution < 1.29 is 9.53 Å². The lowest BCUT2D eigenvalue weighted by Crippen LogP contribution is -2.10. The zero-order valence-electron chi connectivity index (χ0n) is 13.7. The third kappa shape index (κ3) is 4.04. The van der Waals surface area contributed by atoms with Gasteiger partial charge in [0.25, 0.3) is 0 Å². The molecule has 0 aliphatic carbocycles. The van der Waals surface area contributed by atoms with E-state index in [9.17, 15) is 4.79 Å². The third-order valence-corrected chi connectivity index (χ3v) is 3.25. The number of benzene rings is 1. The molecule has 116 valence electrons. The fraction of sp³-hybridized carbons (Fsp3) is 0.263. The van der Waals surface area contributed by atoms with Gasteiger partial charge in [0.05, 0.1) is 12.2 Å². The van der Waals surface area contributed by atoms with E-state index in [1.807, 2.05) is 44.2 Å². The van der Waals surface area contributed by atoms with Crippen LogP contribution in [0.1, 0.15) is 25.0 Å². The largest absolute Gasteiger partial charge is 0.462 e. The number of hydrogen-bond donors (Lipinski definition) is 0. The van der Waals surface area contributed by atoms with Crippen molar-refractivity contribution in [2.45, 2.75) is 20.8 Å². The van der Waals surface area contributed by atoms with Crippen LogP contribution >= 0.6 is 0 Å². The van der Waals surface area contributed by atoms with Crippen LogP contribution in [0.25, 0.3) is 5.57 Å². The molecule has 0 spiro atoms. The summed E-state index contributed by atoms with van der Waals surface area (Å²) in [5.41, 5.74) is 4.15. The maximum absolute atomic E-state index is 12.3. The number of aryl methyl sites for hydroxylation is 1. The molecular weight excluding hydrogens is 274 g/mol. The second kappa shape index (κ2) is 8.78. The van der Waals surface area contributed by atoms with E-state index >= 15 is 0 Å². The van der Waals surface area contributed by atoms with Gasteiger partial charge < -0.3 is 4.74 Å². The number of carbonyl (C=O) groups excluding carboxylic acids is 1. The summed E-state index contributed by atoms with van der Waals surface area (Å²) in [6.07, 6.45) is 5.22. The van der Waals surface area contributed by atoms with E-state index < -0.39 is 0 Å². The topological polar surface area (TPSA) is 38.7 Å². The van der Waals surface area contributed by atoms with Crippen LogP contribution in [-0.4, -0.2) is 25.8 Å². The molecule has 0 radical (unpaired) electrons. The molecule has 3 heteroatoms. The van der Waals surface area contributed by atoms with Crippen molar-refractivity contribution in [1.29, 1.82) is 0 Å². The number of ether oxygens (including phenoxy) is 1. The summed E-state index contributed by atoms with van der Waals surface area (Å²) in [5, 5.41) is 0. The van der Waals surface area contributed by atoms with Gasteiger partial charge in [0, 0.05) is 18.8 Å². The molecule has 0 atom stereocenters. The molecule has 0 bridgehead atoms. The predicted octanol–water partition coefficient (Wildman–Crippen LogP) is 4.14. The first-order chi connectivity index (χ1) is 10.6. The van der Waals surface area contributed by atoms with Crippen LogP contribution in [0.4, 0.5) is 0 Å². The van der Waals surface area contributed by atoms with Gasteiger partial charge in [-0.1, -0.05) is 43.0 Å². The van der Waals surface area contributed by atoms with E-state index in [1.165, 1.54) is 0 Å². The first kappa shape index (κ1) is 17.6. The van der Waals surface area contributed by atoms with Crippen LogP contribution in [0.15, 0.2) is 59.1 Å². The summed E-state index contributed by atoms with van der Waals surface area (Å²) in [5.74, 6) is -0.375. The highest BCUT2D eigenvalue weighted by Gasteiger charge is 2.18. The van der Waals surface area contributed by atoms with Gasteiger partial charge in [0.1, 0.15) is 0 Å². The van der Waals surface area contributed by atoms with Crippen molar-refractivity contribution in [3.05, 3.63) is 65.3 Å². The standard InChI is InChI=1S/C19H23NO2/c1-6-15(13-20-5)18(16(7-2)19(21)22-8-3)17-12-10-9-11-14(17)4/h6-7,9-13H,2,8H2,1,3-5H3/b15-6+,18-16+,20-13?. The van der Waals surface area contributed by atoms with Crippen LogP contribution in [0.3, 0.4) is 0 Å². The lowest BCUT2D eigenvalue weighted by Gasteiger charge is -2.15. The van der Waals surface area contributed by atoms with Crippen LogP contribution < -0.4 is 0 Å². The van der Waals surface area contributed by atoms with Crippen LogP contribution in [-0.2, 0) is 9.53 Å². The van der Waals surface area contributed by atoms with Crippen molar-refractivity contribution in [3.8, 4) is 0 Å². The average Bonchev–Trinajstić information content (AvgIpc) is 2.52. The molecule has 0 fully saturated rings. The number of nitrogens with zero attached hydrogens (tertiary/aromatic N) is 1. The second-order valence-corrected chi connectivity index (χ2v) is 4.66. The van der Waals surface area contributed by atoms with Crippen LogP contribution in [0.5, 0.6) is 0 Å². The van der Waals surface area contributed by atoms with Crippen molar-refractivity contribution in [1.82, 2.24) is 0 Å². The normalized spacial score (nSPS) is 13.0. The summed E-state index contributed by atoms with van der Waals surface area (Å²) < 4.78 is 5.17. The van der Waals surface area contributed by atoms with Crippen molar-refractivity contribution in [3.63, 3.8) is 0 Å². The summed E-state index contributed by atoms with van der Waals surface area (Å²) in [6, 6.07) is 7.92. The summed E-state index contributed by atoms with van der Waals surface area (Å²) >= 11 is 0. The van der Waals surface area contributed by atoms with E-state index in [2.05, 4.69) is 11.6 Å². The number of aliphatic imine (C=N–C) groups is 1. The Labute approximate surface area is 132 Å². The highest BCUT2D eigenvalue weighted by Crippen LogP contribution is 2.29. The molecule has 1 aromatic rings. The molecule has 0 unspecified atom stereocenters. The molecule has 0 N–H and O–H groups in total. The molecule has 0 aliphatic heterocycles. The Morgan fingerprint density at radius 3 is 2.55 bits per heavy atom. The Hall–Kier alpha value is -2.42. The van der Waals surface area contributed by atoms with Gasteiger partial charge in [-0.15, -0.1) is 0 Å². The SMILES string of the molecule is C=C/C(C(=O)OCC)=C(/C(C=NC)=C/C)c1ccccc1C. The molecule has 1 aromatic carbocycles. The molecule has 22 heavy (non-hydrogen) atoms. The smallest absolute Gasteiger partial charge is 0.338 e. The quantitative estimate of drug-likeness (QED) is 0.342. The molecule has 3 nitrogen and oxygen atoms in total. The number of esters is 1. The number of rotatable bonds is 6. The van der Waals surface area contributed by atoms with Crippen LogP contribution in [0, 0.1) is 6.92 Å². The molecule has 0 aliphatic rings.